The summed E-state index contributed by atoms with van der Waals surface area (Å²) in [6.07, 6.45) is 0. The van der Waals surface area contributed by atoms with Crippen LogP contribution in [0.3, 0.4) is 0 Å². The van der Waals surface area contributed by atoms with Crippen LogP contribution in [-0.4, -0.2) is 26.2 Å². The van der Waals surface area contributed by atoms with Gasteiger partial charge in [-0.2, -0.15) is 0 Å². The normalized spacial score (nSPS) is 11.0. The molecule has 0 atom stereocenters. The number of carbonyl (C=O) groups excluding carboxylic acids is 1. The first-order valence-electron chi connectivity index (χ1n) is 7.70. The smallest absolute Gasteiger partial charge is 0.267 e. The maximum Gasteiger partial charge on any atom is 0.267 e. The molecule has 0 radical (unpaired) electrons. The minimum Gasteiger partial charge on any atom is -0.489 e. The molecule has 1 heterocycles. The quantitative estimate of drug-likeness (QED) is 0.452. The van der Waals surface area contributed by atoms with Gasteiger partial charge in [0.25, 0.3) is 5.91 Å². The van der Waals surface area contributed by atoms with Crippen LogP contribution in [-0.2, 0) is 4.74 Å². The second-order valence-corrected chi connectivity index (χ2v) is 7.72. The molecule has 2 aromatic carbocycles. The lowest BCUT2D eigenvalue weighted by atomic mass is 10.2. The van der Waals surface area contributed by atoms with Gasteiger partial charge in [-0.25, -0.2) is 4.39 Å². The highest BCUT2D eigenvalue weighted by molar-refractivity contribution is 7.21. The number of methoxy groups -OCH3 is 1. The molecular weight excluding hydrogens is 436 g/mol. The highest BCUT2D eigenvalue weighted by atomic mass is 35.5. The summed E-state index contributed by atoms with van der Waals surface area (Å²) in [6.45, 7) is 0.606. The van der Waals surface area contributed by atoms with Gasteiger partial charge in [0.15, 0.2) is 0 Å². The standard InChI is InChI=1S/C18H13Cl3FNO3S/c1-25-4-5-26-13-3-2-10(22)8-12(13)23-18(24)17-16(21)15-11(20)6-9(19)7-14(15)27-17/h2-3,6-8H,4-5H2,1H3,(H,23,24). The van der Waals surface area contributed by atoms with E-state index in [0.29, 0.717) is 32.5 Å². The number of benzene rings is 2. The number of rotatable bonds is 6. The van der Waals surface area contributed by atoms with Crippen LogP contribution in [0.4, 0.5) is 10.1 Å². The van der Waals surface area contributed by atoms with Gasteiger partial charge in [0.2, 0.25) is 0 Å². The fraction of sp³-hybridized carbons (Fsp3) is 0.167. The second kappa shape index (κ2) is 8.63. The number of anilines is 1. The molecule has 0 spiro atoms. The summed E-state index contributed by atoms with van der Waals surface area (Å²) < 4.78 is 24.8. The SMILES string of the molecule is COCCOc1ccc(F)cc1NC(=O)c1sc2cc(Cl)cc(Cl)c2c1Cl. The molecule has 0 fully saturated rings. The molecule has 1 amide bonds. The monoisotopic (exact) mass is 447 g/mol. The van der Waals surface area contributed by atoms with Gasteiger partial charge in [-0.3, -0.25) is 4.79 Å². The Morgan fingerprint density at radius 2 is 1.96 bits per heavy atom. The van der Waals surface area contributed by atoms with Gasteiger partial charge in [0, 0.05) is 28.3 Å². The first-order valence-corrected chi connectivity index (χ1v) is 9.65. The average molecular weight is 449 g/mol. The summed E-state index contributed by atoms with van der Waals surface area (Å²) in [5.41, 5.74) is 0.189. The van der Waals surface area contributed by atoms with E-state index in [0.717, 1.165) is 11.3 Å². The van der Waals surface area contributed by atoms with Gasteiger partial charge >= 0.3 is 0 Å². The maximum absolute atomic E-state index is 13.6. The van der Waals surface area contributed by atoms with E-state index in [1.807, 2.05) is 0 Å². The number of amides is 1. The largest absolute Gasteiger partial charge is 0.489 e. The molecule has 0 saturated heterocycles. The molecule has 3 rings (SSSR count). The van der Waals surface area contributed by atoms with Crippen molar-refractivity contribution in [1.29, 1.82) is 0 Å². The predicted octanol–water partition coefficient (Wildman–Crippen LogP) is 6.28. The van der Waals surface area contributed by atoms with Crippen LogP contribution >= 0.6 is 46.1 Å². The number of fused-ring (bicyclic) bond motifs is 1. The first-order chi connectivity index (χ1) is 12.9. The molecule has 142 valence electrons. The molecule has 0 aliphatic rings. The minimum atomic E-state index is -0.512. The van der Waals surface area contributed by atoms with Gasteiger partial charge in [-0.1, -0.05) is 34.8 Å². The van der Waals surface area contributed by atoms with E-state index in [1.165, 1.54) is 25.3 Å². The third-order valence-corrected chi connectivity index (χ3v) is 5.73. The molecule has 3 aromatic rings. The average Bonchev–Trinajstić information content (AvgIpc) is 2.93. The van der Waals surface area contributed by atoms with Crippen LogP contribution in [0.5, 0.6) is 5.75 Å². The van der Waals surface area contributed by atoms with Gasteiger partial charge in [-0.05, 0) is 24.3 Å². The van der Waals surface area contributed by atoms with Crippen molar-refractivity contribution < 1.29 is 18.7 Å². The molecule has 0 bridgehead atoms. The zero-order chi connectivity index (χ0) is 19.6. The Balaban J connectivity index is 1.92. The number of thiophene rings is 1. The lowest BCUT2D eigenvalue weighted by Crippen LogP contribution is -2.13. The van der Waals surface area contributed by atoms with Crippen molar-refractivity contribution in [2.75, 3.05) is 25.6 Å². The highest BCUT2D eigenvalue weighted by Gasteiger charge is 2.21. The van der Waals surface area contributed by atoms with Gasteiger partial charge < -0.3 is 14.8 Å². The van der Waals surface area contributed by atoms with Gasteiger partial charge in [-0.15, -0.1) is 11.3 Å². The van der Waals surface area contributed by atoms with Gasteiger partial charge in [0.05, 0.1) is 22.3 Å². The Labute approximate surface area is 173 Å². The van der Waals surface area contributed by atoms with E-state index in [4.69, 9.17) is 44.3 Å². The van der Waals surface area contributed by atoms with Crippen LogP contribution in [0.15, 0.2) is 30.3 Å². The summed E-state index contributed by atoms with van der Waals surface area (Å²) in [5.74, 6) is -0.697. The van der Waals surface area contributed by atoms with Crippen molar-refractivity contribution in [2.45, 2.75) is 0 Å². The van der Waals surface area contributed by atoms with Crippen LogP contribution in [0.2, 0.25) is 15.1 Å². The first kappa shape index (κ1) is 20.2. The molecule has 0 saturated carbocycles. The number of ether oxygens (including phenoxy) is 2. The molecule has 9 heteroatoms. The summed E-state index contributed by atoms with van der Waals surface area (Å²) in [6, 6.07) is 7.08. The lowest BCUT2D eigenvalue weighted by Gasteiger charge is -2.12. The Bertz CT molecular complexity index is 1010. The van der Waals surface area contributed by atoms with Crippen LogP contribution in [0.1, 0.15) is 9.67 Å². The highest BCUT2D eigenvalue weighted by Crippen LogP contribution is 2.41. The third kappa shape index (κ3) is 4.47. The van der Waals surface area contributed by atoms with E-state index < -0.39 is 11.7 Å². The van der Waals surface area contributed by atoms with Crippen LogP contribution in [0, 0.1) is 5.82 Å². The molecule has 1 aromatic heterocycles. The maximum atomic E-state index is 13.6. The molecular formula is C18H13Cl3FNO3S. The fourth-order valence-electron chi connectivity index (χ4n) is 2.40. The predicted molar refractivity (Wildman–Crippen MR) is 109 cm³/mol. The van der Waals surface area contributed by atoms with E-state index in [1.54, 1.807) is 12.1 Å². The van der Waals surface area contributed by atoms with E-state index in [9.17, 15) is 9.18 Å². The van der Waals surface area contributed by atoms with Crippen LogP contribution in [0.25, 0.3) is 10.1 Å². The number of hydrogen-bond donors (Lipinski definition) is 1. The van der Waals surface area contributed by atoms with Crippen molar-refractivity contribution in [2.24, 2.45) is 0 Å². The number of hydrogen-bond acceptors (Lipinski definition) is 4. The molecule has 27 heavy (non-hydrogen) atoms. The zero-order valence-corrected chi connectivity index (χ0v) is 17.0. The Morgan fingerprint density at radius 3 is 2.70 bits per heavy atom. The van der Waals surface area contributed by atoms with Crippen molar-refractivity contribution in [3.63, 3.8) is 0 Å². The minimum absolute atomic E-state index is 0.189. The van der Waals surface area contributed by atoms with E-state index >= 15 is 0 Å². The topological polar surface area (TPSA) is 47.6 Å². The molecule has 1 N–H and O–H groups in total. The number of halogens is 4. The Kier molecular flexibility index (Phi) is 6.44. The summed E-state index contributed by atoms with van der Waals surface area (Å²) in [5, 5.41) is 4.20. The number of nitrogens with one attached hydrogen (secondary N) is 1. The Morgan fingerprint density at radius 1 is 1.19 bits per heavy atom. The number of carbonyl (C=O) groups is 1. The zero-order valence-electron chi connectivity index (χ0n) is 13.9. The van der Waals surface area contributed by atoms with Crippen LogP contribution < -0.4 is 10.1 Å². The molecule has 0 aliphatic heterocycles. The summed E-state index contributed by atoms with van der Waals surface area (Å²) in [7, 11) is 1.54. The lowest BCUT2D eigenvalue weighted by molar-refractivity contribution is 0.103. The van der Waals surface area contributed by atoms with Gasteiger partial charge in [0.1, 0.15) is 23.1 Å². The third-order valence-electron chi connectivity index (χ3n) is 3.59. The molecule has 0 aliphatic carbocycles. The van der Waals surface area contributed by atoms with Crippen molar-refractivity contribution in [3.8, 4) is 5.75 Å². The molecule has 0 unspecified atom stereocenters. The van der Waals surface area contributed by atoms with E-state index in [-0.39, 0.29) is 22.2 Å². The second-order valence-electron chi connectivity index (χ2n) is 5.44. The fourth-order valence-corrected chi connectivity index (χ4v) is 4.67. The summed E-state index contributed by atoms with van der Waals surface area (Å²) in [4.78, 5) is 13.0. The summed E-state index contributed by atoms with van der Waals surface area (Å²) >= 11 is 19.7. The Hall–Kier alpha value is -1.57. The van der Waals surface area contributed by atoms with Crippen molar-refractivity contribution in [3.05, 3.63) is 56.1 Å². The molecule has 4 nitrogen and oxygen atoms in total. The van der Waals surface area contributed by atoms with Crippen molar-refractivity contribution >= 4 is 67.8 Å². The van der Waals surface area contributed by atoms with E-state index in [2.05, 4.69) is 5.32 Å². The van der Waals surface area contributed by atoms with Crippen molar-refractivity contribution in [1.82, 2.24) is 0 Å².